The van der Waals surface area contributed by atoms with Crippen LogP contribution in [-0.4, -0.2) is 24.0 Å². The summed E-state index contributed by atoms with van der Waals surface area (Å²) in [5.74, 6) is -0.229. The highest BCUT2D eigenvalue weighted by molar-refractivity contribution is 5.92. The predicted octanol–water partition coefficient (Wildman–Crippen LogP) is 2.33. The molecule has 5 nitrogen and oxygen atoms in total. The zero-order valence-corrected chi connectivity index (χ0v) is 10.1. The van der Waals surface area contributed by atoms with Crippen LogP contribution in [0.4, 0.5) is 5.69 Å². The number of nitroso groups, excluding NO2 is 1. The number of hydrogen-bond acceptors (Lipinski definition) is 3. The molecule has 17 heavy (non-hydrogen) atoms. The molecule has 1 rings (SSSR count). The normalized spacial score (nSPS) is 9.76. The Bertz CT molecular complexity index is 393. The number of amides is 1. The second kappa shape index (κ2) is 6.62. The van der Waals surface area contributed by atoms with Crippen molar-refractivity contribution in [2.45, 2.75) is 20.3 Å². The number of benzene rings is 1. The molecule has 1 N–H and O–H groups in total. The van der Waals surface area contributed by atoms with E-state index in [9.17, 15) is 9.70 Å². The van der Waals surface area contributed by atoms with Crippen molar-refractivity contribution in [1.82, 2.24) is 5.01 Å². The predicted molar refractivity (Wildman–Crippen MR) is 67.5 cm³/mol. The summed E-state index contributed by atoms with van der Waals surface area (Å²) >= 11 is 0. The van der Waals surface area contributed by atoms with Gasteiger partial charge in [-0.1, -0.05) is 25.1 Å². The lowest BCUT2D eigenvalue weighted by Crippen LogP contribution is -2.29. The Morgan fingerprint density at radius 2 is 2.12 bits per heavy atom. The maximum atomic E-state index is 11.7. The number of aryl methyl sites for hydroxylation is 1. The third-order valence-electron chi connectivity index (χ3n) is 2.34. The molecule has 0 bridgehead atoms. The number of anilines is 1. The minimum Gasteiger partial charge on any atom is -0.324 e. The summed E-state index contributed by atoms with van der Waals surface area (Å²) in [5.41, 5.74) is 1.75. The zero-order chi connectivity index (χ0) is 12.7. The van der Waals surface area contributed by atoms with E-state index in [1.165, 1.54) is 5.01 Å². The molecule has 0 aliphatic carbocycles. The summed E-state index contributed by atoms with van der Waals surface area (Å²) in [5, 5.41) is 6.77. The zero-order valence-electron chi connectivity index (χ0n) is 10.1. The molecular weight excluding hydrogens is 218 g/mol. The van der Waals surface area contributed by atoms with E-state index in [1.54, 1.807) is 0 Å². The highest BCUT2D eigenvalue weighted by Gasteiger charge is 2.09. The van der Waals surface area contributed by atoms with E-state index in [0.717, 1.165) is 17.7 Å². The van der Waals surface area contributed by atoms with Crippen molar-refractivity contribution in [2.24, 2.45) is 5.29 Å². The Morgan fingerprint density at radius 1 is 1.41 bits per heavy atom. The van der Waals surface area contributed by atoms with Crippen LogP contribution in [-0.2, 0) is 4.79 Å². The summed E-state index contributed by atoms with van der Waals surface area (Å²) in [6.07, 6.45) is 0.781. The fourth-order valence-corrected chi connectivity index (χ4v) is 1.48. The number of para-hydroxylation sites is 1. The number of rotatable bonds is 6. The molecule has 0 aliphatic heterocycles. The Labute approximate surface area is 101 Å². The van der Waals surface area contributed by atoms with E-state index in [1.807, 2.05) is 38.1 Å². The van der Waals surface area contributed by atoms with Gasteiger partial charge in [0.05, 0.1) is 5.29 Å². The second-order valence-electron chi connectivity index (χ2n) is 3.83. The maximum Gasteiger partial charge on any atom is 0.245 e. The van der Waals surface area contributed by atoms with Crippen LogP contribution in [0.3, 0.4) is 0 Å². The molecule has 0 unspecified atom stereocenters. The van der Waals surface area contributed by atoms with Gasteiger partial charge in [0.2, 0.25) is 5.91 Å². The lowest BCUT2D eigenvalue weighted by atomic mass is 10.2. The van der Waals surface area contributed by atoms with Crippen LogP contribution < -0.4 is 5.32 Å². The molecule has 0 fully saturated rings. The second-order valence-corrected chi connectivity index (χ2v) is 3.83. The van der Waals surface area contributed by atoms with Crippen LogP contribution in [0.5, 0.6) is 0 Å². The SMILES string of the molecule is CCCN(CC(=O)Nc1ccccc1C)N=O. The van der Waals surface area contributed by atoms with Gasteiger partial charge in [-0.3, -0.25) is 9.80 Å². The first-order valence-electron chi connectivity index (χ1n) is 5.61. The molecule has 1 aromatic rings. The molecule has 0 saturated carbocycles. The summed E-state index contributed by atoms with van der Waals surface area (Å²) in [6.45, 7) is 4.32. The molecule has 5 heteroatoms. The monoisotopic (exact) mass is 235 g/mol. The smallest absolute Gasteiger partial charge is 0.245 e. The maximum absolute atomic E-state index is 11.7. The Hall–Kier alpha value is -1.91. The van der Waals surface area contributed by atoms with Gasteiger partial charge in [-0.25, -0.2) is 0 Å². The van der Waals surface area contributed by atoms with Crippen LogP contribution in [0.25, 0.3) is 0 Å². The van der Waals surface area contributed by atoms with Gasteiger partial charge in [0, 0.05) is 12.2 Å². The molecule has 92 valence electrons. The van der Waals surface area contributed by atoms with Crippen molar-refractivity contribution in [3.8, 4) is 0 Å². The largest absolute Gasteiger partial charge is 0.324 e. The van der Waals surface area contributed by atoms with Crippen LogP contribution in [0.2, 0.25) is 0 Å². The van der Waals surface area contributed by atoms with Gasteiger partial charge in [0.15, 0.2) is 0 Å². The van der Waals surface area contributed by atoms with Crippen molar-refractivity contribution in [3.63, 3.8) is 0 Å². The van der Waals surface area contributed by atoms with Crippen molar-refractivity contribution in [1.29, 1.82) is 0 Å². The molecule has 0 aliphatic rings. The van der Waals surface area contributed by atoms with Gasteiger partial charge in [-0.05, 0) is 25.0 Å². The quantitative estimate of drug-likeness (QED) is 0.608. The van der Waals surface area contributed by atoms with E-state index in [4.69, 9.17) is 0 Å². The van der Waals surface area contributed by atoms with Gasteiger partial charge >= 0.3 is 0 Å². The Balaban J connectivity index is 2.55. The first-order valence-corrected chi connectivity index (χ1v) is 5.61. The van der Waals surface area contributed by atoms with Gasteiger partial charge in [-0.15, -0.1) is 4.91 Å². The minimum absolute atomic E-state index is 0.00826. The topological polar surface area (TPSA) is 61.8 Å². The number of nitrogens with one attached hydrogen (secondary N) is 1. The Kier molecular flexibility index (Phi) is 5.13. The molecule has 1 amide bonds. The van der Waals surface area contributed by atoms with Gasteiger partial charge in [0.1, 0.15) is 6.54 Å². The molecule has 0 spiro atoms. The van der Waals surface area contributed by atoms with Crippen LogP contribution in [0.15, 0.2) is 29.6 Å². The lowest BCUT2D eigenvalue weighted by molar-refractivity contribution is -0.117. The third-order valence-corrected chi connectivity index (χ3v) is 2.34. The fraction of sp³-hybridized carbons (Fsp3) is 0.417. The average molecular weight is 235 g/mol. The van der Waals surface area contributed by atoms with Crippen LogP contribution >= 0.6 is 0 Å². The molecule has 0 aromatic heterocycles. The highest BCUT2D eigenvalue weighted by Crippen LogP contribution is 2.12. The molecule has 0 saturated heterocycles. The summed E-state index contributed by atoms with van der Waals surface area (Å²) < 4.78 is 0. The van der Waals surface area contributed by atoms with Gasteiger partial charge in [0.25, 0.3) is 0 Å². The highest BCUT2D eigenvalue weighted by atomic mass is 16.3. The molecule has 0 atom stereocenters. The molecule has 0 radical (unpaired) electrons. The Morgan fingerprint density at radius 3 is 2.71 bits per heavy atom. The number of carbonyl (C=O) groups excluding carboxylic acids is 1. The summed E-state index contributed by atoms with van der Waals surface area (Å²) in [7, 11) is 0. The van der Waals surface area contributed by atoms with Crippen LogP contribution in [0, 0.1) is 11.8 Å². The van der Waals surface area contributed by atoms with E-state index in [-0.39, 0.29) is 12.5 Å². The first kappa shape index (κ1) is 13.2. The molecular formula is C12H17N3O2. The van der Waals surface area contributed by atoms with Crippen molar-refractivity contribution in [3.05, 3.63) is 34.7 Å². The van der Waals surface area contributed by atoms with Crippen molar-refractivity contribution < 1.29 is 4.79 Å². The van der Waals surface area contributed by atoms with E-state index < -0.39 is 0 Å². The minimum atomic E-state index is -0.229. The standard InChI is InChI=1S/C12H17N3O2/c1-3-8-15(14-17)9-12(16)13-11-7-5-4-6-10(11)2/h4-7H,3,8-9H2,1-2H3,(H,13,16). The number of carbonyl (C=O) groups is 1. The van der Waals surface area contributed by atoms with E-state index in [2.05, 4.69) is 10.6 Å². The van der Waals surface area contributed by atoms with Crippen molar-refractivity contribution >= 4 is 11.6 Å². The fourth-order valence-electron chi connectivity index (χ4n) is 1.48. The number of hydrogen-bond donors (Lipinski definition) is 1. The van der Waals surface area contributed by atoms with E-state index >= 15 is 0 Å². The van der Waals surface area contributed by atoms with Gasteiger partial charge in [-0.2, -0.15) is 0 Å². The average Bonchev–Trinajstić information content (AvgIpc) is 2.31. The summed E-state index contributed by atoms with van der Waals surface area (Å²) in [4.78, 5) is 22.1. The van der Waals surface area contributed by atoms with Crippen molar-refractivity contribution in [2.75, 3.05) is 18.4 Å². The number of nitrogens with zero attached hydrogens (tertiary/aromatic N) is 2. The summed E-state index contributed by atoms with van der Waals surface area (Å²) in [6, 6.07) is 7.49. The van der Waals surface area contributed by atoms with E-state index in [0.29, 0.717) is 6.54 Å². The first-order chi connectivity index (χ1) is 8.17. The van der Waals surface area contributed by atoms with Crippen LogP contribution in [0.1, 0.15) is 18.9 Å². The lowest BCUT2D eigenvalue weighted by Gasteiger charge is -2.14. The molecule has 0 heterocycles. The molecule has 1 aromatic carbocycles. The third kappa shape index (κ3) is 4.22. The van der Waals surface area contributed by atoms with Gasteiger partial charge < -0.3 is 5.32 Å².